The molecule has 1 heterocycles. The summed E-state index contributed by atoms with van der Waals surface area (Å²) in [6.45, 7) is 1.93. The number of halogens is 1. The minimum absolute atomic E-state index is 0.00873. The van der Waals surface area contributed by atoms with E-state index in [9.17, 15) is 4.39 Å². The summed E-state index contributed by atoms with van der Waals surface area (Å²) < 4.78 is 12.8. The second kappa shape index (κ2) is 5.29. The van der Waals surface area contributed by atoms with Gasteiger partial charge < -0.3 is 5.73 Å². The molecule has 1 atom stereocenters. The molecule has 88 valence electrons. The van der Waals surface area contributed by atoms with Crippen LogP contribution in [0, 0.1) is 5.82 Å². The number of hydrogen-bond donors (Lipinski definition) is 1. The molecule has 2 nitrogen and oxygen atoms in total. The first-order valence-corrected chi connectivity index (χ1v) is 6.12. The van der Waals surface area contributed by atoms with Crippen LogP contribution in [-0.2, 0) is 0 Å². The first-order chi connectivity index (χ1) is 8.15. The summed E-state index contributed by atoms with van der Waals surface area (Å²) in [5.41, 5.74) is 6.86. The standard InChI is InChI=1S/C13H13FN2S/c1-9(15)10-6-7-16-13(8-10)17-12-4-2-11(14)3-5-12/h2-9H,15H2,1H3/t9-/m1/s1. The van der Waals surface area contributed by atoms with E-state index in [1.54, 1.807) is 18.3 Å². The monoisotopic (exact) mass is 248 g/mol. The predicted octanol–water partition coefficient (Wildman–Crippen LogP) is 3.39. The Morgan fingerprint density at radius 2 is 1.94 bits per heavy atom. The number of hydrogen-bond acceptors (Lipinski definition) is 3. The first-order valence-electron chi connectivity index (χ1n) is 5.30. The Hall–Kier alpha value is -1.39. The van der Waals surface area contributed by atoms with Crippen molar-refractivity contribution in [3.63, 3.8) is 0 Å². The molecule has 0 unspecified atom stereocenters. The van der Waals surface area contributed by atoms with Crippen molar-refractivity contribution in [1.82, 2.24) is 4.98 Å². The molecule has 4 heteroatoms. The Morgan fingerprint density at radius 3 is 2.59 bits per heavy atom. The highest BCUT2D eigenvalue weighted by molar-refractivity contribution is 7.99. The number of nitrogens with zero attached hydrogens (tertiary/aromatic N) is 1. The lowest BCUT2D eigenvalue weighted by atomic mass is 10.1. The number of nitrogens with two attached hydrogens (primary N) is 1. The molecular weight excluding hydrogens is 235 g/mol. The van der Waals surface area contributed by atoms with Gasteiger partial charge in [0.2, 0.25) is 0 Å². The molecule has 0 saturated heterocycles. The zero-order chi connectivity index (χ0) is 12.3. The van der Waals surface area contributed by atoms with E-state index in [0.717, 1.165) is 15.5 Å². The van der Waals surface area contributed by atoms with Crippen molar-refractivity contribution in [3.8, 4) is 0 Å². The van der Waals surface area contributed by atoms with E-state index in [4.69, 9.17) is 5.73 Å². The largest absolute Gasteiger partial charge is 0.324 e. The summed E-state index contributed by atoms with van der Waals surface area (Å²) in [5, 5.41) is 0.867. The van der Waals surface area contributed by atoms with Gasteiger partial charge in [0.15, 0.2) is 0 Å². The van der Waals surface area contributed by atoms with Crippen molar-refractivity contribution in [2.75, 3.05) is 0 Å². The summed E-state index contributed by atoms with van der Waals surface area (Å²) in [4.78, 5) is 5.21. The van der Waals surface area contributed by atoms with Crippen molar-refractivity contribution in [3.05, 3.63) is 54.0 Å². The molecule has 1 aromatic carbocycles. The van der Waals surface area contributed by atoms with Crippen molar-refractivity contribution >= 4 is 11.8 Å². The molecule has 0 amide bonds. The fraction of sp³-hybridized carbons (Fsp3) is 0.154. The van der Waals surface area contributed by atoms with Crippen molar-refractivity contribution in [2.24, 2.45) is 5.73 Å². The Bertz CT molecular complexity index is 497. The molecule has 0 radical (unpaired) electrons. The fourth-order valence-corrected chi connectivity index (χ4v) is 2.21. The van der Waals surface area contributed by atoms with Crippen LogP contribution in [-0.4, -0.2) is 4.98 Å². The summed E-state index contributed by atoms with van der Waals surface area (Å²) in [6.07, 6.45) is 1.74. The Kier molecular flexibility index (Phi) is 3.76. The SMILES string of the molecule is C[C@@H](N)c1ccnc(Sc2ccc(F)cc2)c1. The van der Waals surface area contributed by atoms with Gasteiger partial charge >= 0.3 is 0 Å². The summed E-state index contributed by atoms with van der Waals surface area (Å²) in [7, 11) is 0. The molecule has 1 aromatic heterocycles. The normalized spacial score (nSPS) is 12.4. The number of rotatable bonds is 3. The maximum Gasteiger partial charge on any atom is 0.123 e. The van der Waals surface area contributed by atoms with Gasteiger partial charge in [-0.15, -0.1) is 0 Å². The molecule has 2 aromatic rings. The van der Waals surface area contributed by atoms with E-state index in [-0.39, 0.29) is 11.9 Å². The van der Waals surface area contributed by atoms with E-state index in [1.807, 2.05) is 19.1 Å². The van der Waals surface area contributed by atoms with Crippen LogP contribution in [0.1, 0.15) is 18.5 Å². The van der Waals surface area contributed by atoms with Crippen LogP contribution < -0.4 is 5.73 Å². The molecule has 0 bridgehead atoms. The predicted molar refractivity (Wildman–Crippen MR) is 67.4 cm³/mol. The van der Waals surface area contributed by atoms with Gasteiger partial charge in [-0.05, 0) is 48.9 Å². The van der Waals surface area contributed by atoms with Crippen LogP contribution in [0.15, 0.2) is 52.5 Å². The lowest BCUT2D eigenvalue weighted by Gasteiger charge is -2.07. The van der Waals surface area contributed by atoms with E-state index < -0.39 is 0 Å². The quantitative estimate of drug-likeness (QED) is 0.905. The molecule has 2 rings (SSSR count). The van der Waals surface area contributed by atoms with Crippen LogP contribution in [0.2, 0.25) is 0 Å². The van der Waals surface area contributed by atoms with Gasteiger partial charge in [0.1, 0.15) is 10.8 Å². The Labute approximate surface area is 104 Å². The second-order valence-corrected chi connectivity index (χ2v) is 4.87. The summed E-state index contributed by atoms with van der Waals surface area (Å²) >= 11 is 1.49. The zero-order valence-corrected chi connectivity index (χ0v) is 10.2. The third kappa shape index (κ3) is 3.28. The molecule has 0 spiro atoms. The topological polar surface area (TPSA) is 38.9 Å². The smallest absolute Gasteiger partial charge is 0.123 e. The van der Waals surface area contributed by atoms with E-state index in [1.165, 1.54) is 23.9 Å². The number of benzene rings is 1. The molecule has 0 saturated carbocycles. The fourth-order valence-electron chi connectivity index (χ4n) is 1.39. The van der Waals surface area contributed by atoms with Crippen LogP contribution in [0.4, 0.5) is 4.39 Å². The molecule has 0 aliphatic carbocycles. The van der Waals surface area contributed by atoms with E-state index in [0.29, 0.717) is 0 Å². The lowest BCUT2D eigenvalue weighted by molar-refractivity contribution is 0.626. The average Bonchev–Trinajstić information content (AvgIpc) is 2.32. The maximum atomic E-state index is 12.8. The zero-order valence-electron chi connectivity index (χ0n) is 9.43. The van der Waals surface area contributed by atoms with Gasteiger partial charge in [-0.1, -0.05) is 11.8 Å². The molecule has 0 aliphatic heterocycles. The van der Waals surface area contributed by atoms with Crippen LogP contribution >= 0.6 is 11.8 Å². The van der Waals surface area contributed by atoms with E-state index >= 15 is 0 Å². The van der Waals surface area contributed by atoms with Gasteiger partial charge in [0, 0.05) is 17.1 Å². The van der Waals surface area contributed by atoms with E-state index in [2.05, 4.69) is 4.98 Å². The third-order valence-corrected chi connectivity index (χ3v) is 3.26. The Morgan fingerprint density at radius 1 is 1.24 bits per heavy atom. The van der Waals surface area contributed by atoms with Gasteiger partial charge in [0.25, 0.3) is 0 Å². The minimum Gasteiger partial charge on any atom is -0.324 e. The second-order valence-electron chi connectivity index (χ2n) is 3.77. The van der Waals surface area contributed by atoms with Crippen LogP contribution in [0.3, 0.4) is 0 Å². The number of aromatic nitrogens is 1. The maximum absolute atomic E-state index is 12.8. The van der Waals surface area contributed by atoms with Gasteiger partial charge in [-0.3, -0.25) is 0 Å². The van der Waals surface area contributed by atoms with Crippen LogP contribution in [0.25, 0.3) is 0 Å². The van der Waals surface area contributed by atoms with Gasteiger partial charge in [0.05, 0.1) is 0 Å². The van der Waals surface area contributed by atoms with Crippen LogP contribution in [0.5, 0.6) is 0 Å². The summed E-state index contributed by atoms with van der Waals surface area (Å²) in [6, 6.07) is 10.2. The highest BCUT2D eigenvalue weighted by Crippen LogP contribution is 2.27. The molecule has 0 fully saturated rings. The van der Waals surface area contributed by atoms with Gasteiger partial charge in [-0.25, -0.2) is 9.37 Å². The third-order valence-electron chi connectivity index (χ3n) is 2.32. The average molecular weight is 248 g/mol. The molecular formula is C13H13FN2S. The molecule has 0 aliphatic rings. The van der Waals surface area contributed by atoms with Crippen molar-refractivity contribution in [1.29, 1.82) is 0 Å². The van der Waals surface area contributed by atoms with Crippen molar-refractivity contribution in [2.45, 2.75) is 22.9 Å². The highest BCUT2D eigenvalue weighted by atomic mass is 32.2. The molecule has 17 heavy (non-hydrogen) atoms. The first kappa shape index (κ1) is 12.1. The lowest BCUT2D eigenvalue weighted by Crippen LogP contribution is -2.04. The number of pyridine rings is 1. The summed E-state index contributed by atoms with van der Waals surface area (Å²) in [5.74, 6) is -0.230. The highest BCUT2D eigenvalue weighted by Gasteiger charge is 2.03. The van der Waals surface area contributed by atoms with Crippen molar-refractivity contribution < 1.29 is 4.39 Å². The minimum atomic E-state index is -0.230. The molecule has 2 N–H and O–H groups in total. The van der Waals surface area contributed by atoms with Gasteiger partial charge in [-0.2, -0.15) is 0 Å². The Balaban J connectivity index is 2.18.